The third kappa shape index (κ3) is 14.8. The lowest BCUT2D eigenvalue weighted by Gasteiger charge is -2.46. The summed E-state index contributed by atoms with van der Waals surface area (Å²) in [4.78, 5) is 39.3. The van der Waals surface area contributed by atoms with Crippen molar-refractivity contribution in [3.05, 3.63) is 192 Å². The molecule has 0 spiro atoms. The molecule has 5 aromatic carbocycles. The fourth-order valence-corrected chi connectivity index (χ4v) is 7.26. The molecule has 0 saturated carbocycles. The SMILES string of the molecule is COC(=O)[C@H](CO)NC(=O)[C@H](Cc1ccccc1)NC(=O)/C=C/C[C@H]1O[C@H](COCc2ccccc2)[C@H](OCc2ccccc2)[C@H](OCc2ccccc2)[C@H]1OCc1ccccc1. The number of rotatable bonds is 23. The van der Waals surface area contributed by atoms with E-state index in [-0.39, 0.29) is 32.7 Å². The summed E-state index contributed by atoms with van der Waals surface area (Å²) >= 11 is 0. The first kappa shape index (κ1) is 46.5. The van der Waals surface area contributed by atoms with Crippen LogP contribution in [0.4, 0.5) is 0 Å². The molecule has 7 atom stereocenters. The van der Waals surface area contributed by atoms with Gasteiger partial charge in [0.05, 0.1) is 52.9 Å². The number of esters is 1. The van der Waals surface area contributed by atoms with Gasteiger partial charge in [0.25, 0.3) is 0 Å². The summed E-state index contributed by atoms with van der Waals surface area (Å²) in [5.41, 5.74) is 4.71. The maximum atomic E-state index is 13.6. The summed E-state index contributed by atoms with van der Waals surface area (Å²) in [5.74, 6) is -2.02. The van der Waals surface area contributed by atoms with Gasteiger partial charge in [0.15, 0.2) is 6.04 Å². The fraction of sp³-hybridized carbons (Fsp3) is 0.314. The molecular formula is C51H56N2O10. The number of nitrogens with one attached hydrogen (secondary N) is 2. The summed E-state index contributed by atoms with van der Waals surface area (Å²) in [7, 11) is 1.16. The number of hydrogen-bond acceptors (Lipinski definition) is 10. The minimum absolute atomic E-state index is 0.127. The van der Waals surface area contributed by atoms with Gasteiger partial charge in [-0.05, 0) is 40.3 Å². The predicted molar refractivity (Wildman–Crippen MR) is 237 cm³/mol. The molecule has 0 bridgehead atoms. The summed E-state index contributed by atoms with van der Waals surface area (Å²) < 4.78 is 38.3. The zero-order valence-corrected chi connectivity index (χ0v) is 35.4. The number of amides is 2. The summed E-state index contributed by atoms with van der Waals surface area (Å²) in [5, 5.41) is 15.0. The van der Waals surface area contributed by atoms with Gasteiger partial charge in [0.2, 0.25) is 11.8 Å². The molecule has 12 heteroatoms. The van der Waals surface area contributed by atoms with Crippen LogP contribution in [0.1, 0.15) is 34.2 Å². The quantitative estimate of drug-likeness (QED) is 0.0524. The second-order valence-electron chi connectivity index (χ2n) is 15.2. The Labute approximate surface area is 369 Å². The predicted octanol–water partition coefficient (Wildman–Crippen LogP) is 6.05. The van der Waals surface area contributed by atoms with E-state index < -0.39 is 67.0 Å². The Kier molecular flexibility index (Phi) is 18.6. The first-order valence-electron chi connectivity index (χ1n) is 21.1. The summed E-state index contributed by atoms with van der Waals surface area (Å²) in [6.07, 6.45) is 0.220. The number of carbonyl (C=O) groups is 3. The van der Waals surface area contributed by atoms with Crippen molar-refractivity contribution >= 4 is 17.8 Å². The molecule has 2 amide bonds. The van der Waals surface area contributed by atoms with Crippen LogP contribution in [-0.2, 0) is 75.7 Å². The van der Waals surface area contributed by atoms with Gasteiger partial charge in [-0.3, -0.25) is 9.59 Å². The van der Waals surface area contributed by atoms with Gasteiger partial charge in [-0.15, -0.1) is 0 Å². The van der Waals surface area contributed by atoms with Crippen LogP contribution in [0.3, 0.4) is 0 Å². The molecule has 1 aliphatic heterocycles. The fourth-order valence-electron chi connectivity index (χ4n) is 7.26. The number of aliphatic hydroxyl groups is 1. The molecule has 6 rings (SSSR count). The van der Waals surface area contributed by atoms with E-state index in [1.54, 1.807) is 6.08 Å². The molecule has 0 radical (unpaired) electrons. The zero-order valence-electron chi connectivity index (χ0n) is 35.4. The molecule has 1 fully saturated rings. The topological polar surface area (TPSA) is 151 Å². The van der Waals surface area contributed by atoms with Crippen LogP contribution in [0.15, 0.2) is 164 Å². The van der Waals surface area contributed by atoms with Crippen molar-refractivity contribution in [2.75, 3.05) is 20.3 Å². The molecule has 12 nitrogen and oxygen atoms in total. The Morgan fingerprint density at radius 3 is 1.51 bits per heavy atom. The van der Waals surface area contributed by atoms with E-state index in [1.807, 2.05) is 152 Å². The van der Waals surface area contributed by atoms with Crippen LogP contribution >= 0.6 is 0 Å². The molecule has 1 heterocycles. The highest BCUT2D eigenvalue weighted by Crippen LogP contribution is 2.32. The van der Waals surface area contributed by atoms with E-state index in [9.17, 15) is 19.5 Å². The second-order valence-corrected chi connectivity index (χ2v) is 15.2. The first-order chi connectivity index (χ1) is 30.9. The van der Waals surface area contributed by atoms with Crippen LogP contribution < -0.4 is 10.6 Å². The molecule has 3 N–H and O–H groups in total. The van der Waals surface area contributed by atoms with Crippen LogP contribution in [-0.4, -0.2) is 85.8 Å². The lowest BCUT2D eigenvalue weighted by atomic mass is 9.92. The highest BCUT2D eigenvalue weighted by molar-refractivity contribution is 5.94. The van der Waals surface area contributed by atoms with Crippen molar-refractivity contribution in [1.29, 1.82) is 0 Å². The van der Waals surface area contributed by atoms with E-state index in [4.69, 9.17) is 28.4 Å². The molecular weight excluding hydrogens is 801 g/mol. The molecule has 63 heavy (non-hydrogen) atoms. The van der Waals surface area contributed by atoms with E-state index in [1.165, 1.54) is 6.08 Å². The summed E-state index contributed by atoms with van der Waals surface area (Å²) in [6.45, 7) is 0.701. The van der Waals surface area contributed by atoms with Gasteiger partial charge >= 0.3 is 5.97 Å². The van der Waals surface area contributed by atoms with Gasteiger partial charge in [0, 0.05) is 6.42 Å². The number of aliphatic hydroxyl groups excluding tert-OH is 1. The van der Waals surface area contributed by atoms with E-state index >= 15 is 0 Å². The zero-order chi connectivity index (χ0) is 44.1. The van der Waals surface area contributed by atoms with Crippen molar-refractivity contribution in [2.45, 2.75) is 81.9 Å². The Bertz CT molecular complexity index is 2130. The smallest absolute Gasteiger partial charge is 0.330 e. The molecule has 1 saturated heterocycles. The highest BCUT2D eigenvalue weighted by Gasteiger charge is 2.48. The summed E-state index contributed by atoms with van der Waals surface area (Å²) in [6, 6.07) is 46.3. The van der Waals surface area contributed by atoms with Crippen LogP contribution in [0.5, 0.6) is 0 Å². The maximum Gasteiger partial charge on any atom is 0.330 e. The normalized spacial score (nSPS) is 19.5. The van der Waals surface area contributed by atoms with Gasteiger partial charge in [-0.2, -0.15) is 0 Å². The average molecular weight is 857 g/mol. The van der Waals surface area contributed by atoms with Gasteiger partial charge in [-0.25, -0.2) is 4.79 Å². The van der Waals surface area contributed by atoms with Gasteiger partial charge < -0.3 is 44.2 Å². The van der Waals surface area contributed by atoms with Crippen LogP contribution in [0, 0.1) is 0 Å². The number of methoxy groups -OCH3 is 1. The molecule has 0 unspecified atom stereocenters. The largest absolute Gasteiger partial charge is 0.467 e. The number of ether oxygens (including phenoxy) is 6. The van der Waals surface area contributed by atoms with Gasteiger partial charge in [-0.1, -0.05) is 158 Å². The van der Waals surface area contributed by atoms with E-state index in [0.717, 1.165) is 34.9 Å². The van der Waals surface area contributed by atoms with E-state index in [0.29, 0.717) is 13.2 Å². The minimum Gasteiger partial charge on any atom is -0.467 e. The molecule has 0 aliphatic carbocycles. The Hall–Kier alpha value is -5.99. The standard InChI is InChI=1S/C51H56N2O10/c1-58-51(57)43(31-54)53-50(56)42(30-37-18-7-2-8-19-37)52-46(55)29-17-28-44-47(60-33-39-22-11-4-12-23-39)49(62-35-41-26-15-6-16-27-41)48(61-34-40-24-13-5-14-25-40)45(63-44)36-59-32-38-20-9-3-10-21-38/h2-27,29,42-45,47-49,54H,28,30-36H2,1H3,(H,52,55)(H,53,56)/b29-17+/t42-,43-,44+,45+,47-,48-,49+/m0/s1. The lowest BCUT2D eigenvalue weighted by molar-refractivity contribution is -0.271. The number of carbonyl (C=O) groups excluding carboxylic acids is 3. The van der Waals surface area contributed by atoms with Crippen LogP contribution in [0.2, 0.25) is 0 Å². The lowest BCUT2D eigenvalue weighted by Crippen LogP contribution is -2.61. The highest BCUT2D eigenvalue weighted by atomic mass is 16.6. The average Bonchev–Trinajstić information content (AvgIpc) is 3.33. The first-order valence-corrected chi connectivity index (χ1v) is 21.1. The van der Waals surface area contributed by atoms with Crippen molar-refractivity contribution in [3.63, 3.8) is 0 Å². The third-order valence-electron chi connectivity index (χ3n) is 10.5. The molecule has 0 aromatic heterocycles. The third-order valence-corrected chi connectivity index (χ3v) is 10.5. The molecule has 330 valence electrons. The molecule has 1 aliphatic rings. The van der Waals surface area contributed by atoms with Crippen LogP contribution in [0.25, 0.3) is 0 Å². The molecule has 5 aromatic rings. The van der Waals surface area contributed by atoms with Crippen molar-refractivity contribution in [3.8, 4) is 0 Å². The van der Waals surface area contributed by atoms with Crippen molar-refractivity contribution in [2.24, 2.45) is 0 Å². The Morgan fingerprint density at radius 1 is 0.587 bits per heavy atom. The Morgan fingerprint density at radius 2 is 1.03 bits per heavy atom. The monoisotopic (exact) mass is 856 g/mol. The number of hydrogen-bond donors (Lipinski definition) is 3. The van der Waals surface area contributed by atoms with Gasteiger partial charge in [0.1, 0.15) is 30.5 Å². The second kappa shape index (κ2) is 25.2. The Balaban J connectivity index is 1.27. The van der Waals surface area contributed by atoms with E-state index in [2.05, 4.69) is 10.6 Å². The van der Waals surface area contributed by atoms with Crippen molar-refractivity contribution < 1.29 is 47.9 Å². The van der Waals surface area contributed by atoms with Crippen molar-refractivity contribution in [1.82, 2.24) is 10.6 Å². The maximum absolute atomic E-state index is 13.6. The number of benzene rings is 5. The minimum atomic E-state index is -1.30.